The van der Waals surface area contributed by atoms with Gasteiger partial charge in [-0.3, -0.25) is 4.79 Å². The fourth-order valence-electron chi connectivity index (χ4n) is 2.80. The van der Waals surface area contributed by atoms with Crippen molar-refractivity contribution in [3.05, 3.63) is 59.4 Å². The highest BCUT2D eigenvalue weighted by Gasteiger charge is 2.28. The maximum atomic E-state index is 12.8. The number of amides is 1. The Hall–Kier alpha value is -2.20. The number of hydrogen-bond acceptors (Lipinski definition) is 3. The van der Waals surface area contributed by atoms with E-state index in [0.29, 0.717) is 18.7 Å². The lowest BCUT2D eigenvalue weighted by molar-refractivity contribution is 0.0949. The molecule has 1 N–H and O–H groups in total. The molecule has 1 amide bonds. The number of carbonyl (C=O) groups is 1. The SMILES string of the molecule is CC(C)c1cccc(C(=O)N2CC(O)Cc3ccccc32)n1. The molecular weight excluding hydrogens is 276 g/mol. The van der Waals surface area contributed by atoms with Crippen molar-refractivity contribution in [2.24, 2.45) is 0 Å². The first-order valence-electron chi connectivity index (χ1n) is 7.61. The Morgan fingerprint density at radius 2 is 2.00 bits per heavy atom. The summed E-state index contributed by atoms with van der Waals surface area (Å²) < 4.78 is 0. The number of β-amino-alcohol motifs (C(OH)–C–C–N with tert-alkyl or cyclic N) is 1. The molecule has 0 saturated heterocycles. The predicted octanol–water partition coefficient (Wildman–Crippen LogP) is 2.77. The largest absolute Gasteiger partial charge is 0.391 e. The van der Waals surface area contributed by atoms with Crippen molar-refractivity contribution in [3.8, 4) is 0 Å². The number of fused-ring (bicyclic) bond motifs is 1. The van der Waals surface area contributed by atoms with Crippen LogP contribution in [0.2, 0.25) is 0 Å². The Balaban J connectivity index is 1.97. The molecule has 1 aliphatic heterocycles. The van der Waals surface area contributed by atoms with E-state index in [9.17, 15) is 9.90 Å². The molecule has 0 radical (unpaired) electrons. The minimum Gasteiger partial charge on any atom is -0.391 e. The number of aliphatic hydroxyl groups is 1. The van der Waals surface area contributed by atoms with Crippen molar-refractivity contribution < 1.29 is 9.90 Å². The van der Waals surface area contributed by atoms with Gasteiger partial charge < -0.3 is 10.0 Å². The van der Waals surface area contributed by atoms with E-state index in [0.717, 1.165) is 16.9 Å². The van der Waals surface area contributed by atoms with Crippen molar-refractivity contribution in [1.82, 2.24) is 4.98 Å². The van der Waals surface area contributed by atoms with Crippen LogP contribution in [0.3, 0.4) is 0 Å². The lowest BCUT2D eigenvalue weighted by Gasteiger charge is -2.32. The number of rotatable bonds is 2. The summed E-state index contributed by atoms with van der Waals surface area (Å²) in [7, 11) is 0. The molecule has 1 unspecified atom stereocenters. The van der Waals surface area contributed by atoms with Crippen molar-refractivity contribution in [2.45, 2.75) is 32.3 Å². The number of aliphatic hydroxyl groups excluding tert-OH is 1. The smallest absolute Gasteiger partial charge is 0.276 e. The summed E-state index contributed by atoms with van der Waals surface area (Å²) in [6.07, 6.45) is 0.0477. The van der Waals surface area contributed by atoms with Gasteiger partial charge in [0.05, 0.1) is 12.6 Å². The van der Waals surface area contributed by atoms with Crippen LogP contribution in [0.4, 0.5) is 5.69 Å². The highest BCUT2D eigenvalue weighted by molar-refractivity contribution is 6.05. The Bertz CT molecular complexity index is 697. The minimum atomic E-state index is -0.535. The van der Waals surface area contributed by atoms with Crippen molar-refractivity contribution >= 4 is 11.6 Å². The number of anilines is 1. The maximum Gasteiger partial charge on any atom is 0.276 e. The van der Waals surface area contributed by atoms with Gasteiger partial charge in [-0.25, -0.2) is 4.98 Å². The van der Waals surface area contributed by atoms with Crippen LogP contribution in [-0.4, -0.2) is 28.6 Å². The van der Waals surface area contributed by atoms with Gasteiger partial charge in [0, 0.05) is 17.8 Å². The first-order chi connectivity index (χ1) is 10.6. The molecule has 0 bridgehead atoms. The molecule has 4 heteroatoms. The molecule has 114 valence electrons. The highest BCUT2D eigenvalue weighted by Crippen LogP contribution is 2.28. The zero-order valence-electron chi connectivity index (χ0n) is 12.9. The normalized spacial score (nSPS) is 17.5. The fraction of sp³-hybridized carbons (Fsp3) is 0.333. The molecule has 0 aliphatic carbocycles. The van der Waals surface area contributed by atoms with Gasteiger partial charge in [-0.15, -0.1) is 0 Å². The second-order valence-electron chi connectivity index (χ2n) is 6.00. The summed E-state index contributed by atoms with van der Waals surface area (Å²) in [6.45, 7) is 4.41. The van der Waals surface area contributed by atoms with Gasteiger partial charge in [-0.2, -0.15) is 0 Å². The average Bonchev–Trinajstić information content (AvgIpc) is 2.53. The lowest BCUT2D eigenvalue weighted by atomic mass is 9.99. The molecule has 4 nitrogen and oxygen atoms in total. The molecule has 0 spiro atoms. The van der Waals surface area contributed by atoms with Crippen LogP contribution in [0, 0.1) is 0 Å². The average molecular weight is 296 g/mol. The molecule has 2 aromatic rings. The molecule has 1 aromatic heterocycles. The van der Waals surface area contributed by atoms with Crippen LogP contribution in [0.5, 0.6) is 0 Å². The van der Waals surface area contributed by atoms with Crippen molar-refractivity contribution in [2.75, 3.05) is 11.4 Å². The quantitative estimate of drug-likeness (QED) is 0.927. The molecule has 1 atom stereocenters. The van der Waals surface area contributed by atoms with Crippen molar-refractivity contribution in [1.29, 1.82) is 0 Å². The monoisotopic (exact) mass is 296 g/mol. The van der Waals surface area contributed by atoms with Gasteiger partial charge in [0.2, 0.25) is 0 Å². The van der Waals surface area contributed by atoms with Crippen LogP contribution in [0.15, 0.2) is 42.5 Å². The van der Waals surface area contributed by atoms with E-state index in [-0.39, 0.29) is 11.8 Å². The van der Waals surface area contributed by atoms with E-state index in [4.69, 9.17) is 0 Å². The van der Waals surface area contributed by atoms with Crippen LogP contribution in [0.25, 0.3) is 0 Å². The summed E-state index contributed by atoms with van der Waals surface area (Å²) in [5.74, 6) is 0.112. The zero-order valence-corrected chi connectivity index (χ0v) is 12.9. The first-order valence-corrected chi connectivity index (χ1v) is 7.61. The van der Waals surface area contributed by atoms with E-state index < -0.39 is 6.10 Å². The Morgan fingerprint density at radius 3 is 2.77 bits per heavy atom. The number of para-hydroxylation sites is 1. The molecular formula is C18H20N2O2. The summed E-state index contributed by atoms with van der Waals surface area (Å²) in [5.41, 5.74) is 3.19. The van der Waals surface area contributed by atoms with E-state index in [2.05, 4.69) is 18.8 Å². The predicted molar refractivity (Wildman–Crippen MR) is 86.2 cm³/mol. The number of nitrogens with zero attached hydrogens (tertiary/aromatic N) is 2. The molecule has 3 rings (SSSR count). The molecule has 22 heavy (non-hydrogen) atoms. The molecule has 0 fully saturated rings. The fourth-order valence-corrected chi connectivity index (χ4v) is 2.80. The van der Waals surface area contributed by atoms with E-state index in [1.165, 1.54) is 0 Å². The summed E-state index contributed by atoms with van der Waals surface area (Å²) in [5, 5.41) is 10.1. The lowest BCUT2D eigenvalue weighted by Crippen LogP contribution is -2.42. The van der Waals surface area contributed by atoms with E-state index >= 15 is 0 Å². The van der Waals surface area contributed by atoms with Gasteiger partial charge in [0.1, 0.15) is 5.69 Å². The van der Waals surface area contributed by atoms with E-state index in [1.54, 1.807) is 11.0 Å². The van der Waals surface area contributed by atoms with Gasteiger partial charge >= 0.3 is 0 Å². The van der Waals surface area contributed by atoms with Crippen LogP contribution >= 0.6 is 0 Å². The van der Waals surface area contributed by atoms with Gasteiger partial charge in [0.25, 0.3) is 5.91 Å². The Kier molecular flexibility index (Phi) is 3.94. The number of pyridine rings is 1. The molecule has 1 aliphatic rings. The van der Waals surface area contributed by atoms with Crippen LogP contribution in [-0.2, 0) is 6.42 Å². The van der Waals surface area contributed by atoms with Gasteiger partial charge in [-0.05, 0) is 29.7 Å². The van der Waals surface area contributed by atoms with Gasteiger partial charge in [0.15, 0.2) is 0 Å². The van der Waals surface area contributed by atoms with Crippen LogP contribution in [0.1, 0.15) is 41.5 Å². The third-order valence-electron chi connectivity index (χ3n) is 3.96. The Labute approximate surface area is 130 Å². The van der Waals surface area contributed by atoms with Crippen molar-refractivity contribution in [3.63, 3.8) is 0 Å². The molecule has 0 saturated carbocycles. The highest BCUT2D eigenvalue weighted by atomic mass is 16.3. The third kappa shape index (κ3) is 2.74. The second-order valence-corrected chi connectivity index (χ2v) is 6.00. The zero-order chi connectivity index (χ0) is 15.7. The standard InChI is InChI=1S/C18H20N2O2/c1-12(2)15-7-5-8-16(19-15)18(22)20-11-14(21)10-13-6-3-4-9-17(13)20/h3-9,12,14,21H,10-11H2,1-2H3. The molecule has 1 aromatic carbocycles. The number of aromatic nitrogens is 1. The minimum absolute atomic E-state index is 0.159. The molecule has 2 heterocycles. The number of hydrogen-bond donors (Lipinski definition) is 1. The summed E-state index contributed by atoms with van der Waals surface area (Å²) in [6, 6.07) is 13.2. The van der Waals surface area contributed by atoms with Gasteiger partial charge in [-0.1, -0.05) is 38.1 Å². The summed E-state index contributed by atoms with van der Waals surface area (Å²) >= 11 is 0. The second kappa shape index (κ2) is 5.89. The number of carbonyl (C=O) groups excluding carboxylic acids is 1. The number of benzene rings is 1. The van der Waals surface area contributed by atoms with Crippen LogP contribution < -0.4 is 4.90 Å². The Morgan fingerprint density at radius 1 is 1.23 bits per heavy atom. The first kappa shape index (κ1) is 14.7. The summed E-state index contributed by atoms with van der Waals surface area (Å²) in [4.78, 5) is 18.9. The van der Waals surface area contributed by atoms with E-state index in [1.807, 2.05) is 36.4 Å². The maximum absolute atomic E-state index is 12.8. The third-order valence-corrected chi connectivity index (χ3v) is 3.96. The topological polar surface area (TPSA) is 53.4 Å².